The van der Waals surface area contributed by atoms with Crippen LogP contribution in [0.15, 0.2) is 18.2 Å². The standard InChI is InChI=1S/C14H20F2N2/c1-10-8-17-11(2)6-7-18(9-10)14-12(15)4-3-5-13(14)16/h3-5,10-11,17H,6-9H2,1-2H3. The molecular formula is C14H20F2N2. The molecule has 4 heteroatoms. The number of nitrogens with zero attached hydrogens (tertiary/aromatic N) is 1. The van der Waals surface area contributed by atoms with Gasteiger partial charge in [0.2, 0.25) is 0 Å². The van der Waals surface area contributed by atoms with Crippen LogP contribution >= 0.6 is 0 Å². The summed E-state index contributed by atoms with van der Waals surface area (Å²) < 4.78 is 27.6. The van der Waals surface area contributed by atoms with Gasteiger partial charge in [0, 0.05) is 19.1 Å². The maximum atomic E-state index is 13.8. The molecule has 18 heavy (non-hydrogen) atoms. The molecule has 0 aliphatic carbocycles. The molecule has 1 saturated heterocycles. The minimum Gasteiger partial charge on any atom is -0.366 e. The number of halogens is 2. The number of rotatable bonds is 1. The van der Waals surface area contributed by atoms with Crippen molar-refractivity contribution in [1.82, 2.24) is 5.32 Å². The normalized spacial score (nSPS) is 25.7. The summed E-state index contributed by atoms with van der Waals surface area (Å²) in [6.07, 6.45) is 0.889. The molecule has 1 heterocycles. The molecule has 1 aromatic carbocycles. The number of hydrogen-bond acceptors (Lipinski definition) is 2. The Kier molecular flexibility index (Phi) is 4.17. The molecule has 2 atom stereocenters. The highest BCUT2D eigenvalue weighted by molar-refractivity contribution is 5.49. The van der Waals surface area contributed by atoms with Gasteiger partial charge in [0.1, 0.15) is 17.3 Å². The van der Waals surface area contributed by atoms with E-state index >= 15 is 0 Å². The molecule has 0 saturated carbocycles. The van der Waals surface area contributed by atoms with E-state index in [1.54, 1.807) is 0 Å². The van der Waals surface area contributed by atoms with Crippen LogP contribution in [0.2, 0.25) is 0 Å². The number of nitrogens with one attached hydrogen (secondary N) is 1. The minimum absolute atomic E-state index is 0.124. The Labute approximate surface area is 107 Å². The third kappa shape index (κ3) is 2.99. The average molecular weight is 254 g/mol. The van der Waals surface area contributed by atoms with E-state index in [1.807, 2.05) is 4.90 Å². The van der Waals surface area contributed by atoms with E-state index in [4.69, 9.17) is 0 Å². The van der Waals surface area contributed by atoms with Crippen LogP contribution in [0.5, 0.6) is 0 Å². The van der Waals surface area contributed by atoms with Gasteiger partial charge >= 0.3 is 0 Å². The molecule has 2 unspecified atom stereocenters. The molecule has 1 aliphatic heterocycles. The highest BCUT2D eigenvalue weighted by Gasteiger charge is 2.21. The molecule has 0 radical (unpaired) electrons. The van der Waals surface area contributed by atoms with Crippen molar-refractivity contribution < 1.29 is 8.78 Å². The quantitative estimate of drug-likeness (QED) is 0.829. The minimum atomic E-state index is -0.469. The molecule has 2 rings (SSSR count). The van der Waals surface area contributed by atoms with E-state index in [0.29, 0.717) is 25.0 Å². The lowest BCUT2D eigenvalue weighted by Crippen LogP contribution is -2.43. The van der Waals surface area contributed by atoms with Gasteiger partial charge < -0.3 is 10.2 Å². The Hall–Kier alpha value is -1.16. The molecule has 0 spiro atoms. The molecule has 1 N–H and O–H groups in total. The largest absolute Gasteiger partial charge is 0.366 e. The second-order valence-electron chi connectivity index (χ2n) is 5.22. The highest BCUT2D eigenvalue weighted by atomic mass is 19.1. The van der Waals surface area contributed by atoms with Crippen LogP contribution in [0, 0.1) is 17.6 Å². The first-order chi connectivity index (χ1) is 8.58. The fourth-order valence-corrected chi connectivity index (χ4v) is 2.38. The summed E-state index contributed by atoms with van der Waals surface area (Å²) >= 11 is 0. The summed E-state index contributed by atoms with van der Waals surface area (Å²) in [5.74, 6) is -0.571. The lowest BCUT2D eigenvalue weighted by atomic mass is 10.1. The summed E-state index contributed by atoms with van der Waals surface area (Å²) in [7, 11) is 0. The van der Waals surface area contributed by atoms with Crippen LogP contribution in [0.4, 0.5) is 14.5 Å². The summed E-state index contributed by atoms with van der Waals surface area (Å²) in [5, 5.41) is 3.42. The van der Waals surface area contributed by atoms with Crippen molar-refractivity contribution >= 4 is 5.69 Å². The summed E-state index contributed by atoms with van der Waals surface area (Å²) in [6.45, 7) is 6.44. The third-order valence-corrected chi connectivity index (χ3v) is 3.43. The third-order valence-electron chi connectivity index (χ3n) is 3.43. The van der Waals surface area contributed by atoms with Crippen LogP contribution in [0.1, 0.15) is 20.3 Å². The van der Waals surface area contributed by atoms with Gasteiger partial charge in [0.25, 0.3) is 0 Å². The molecule has 100 valence electrons. The maximum Gasteiger partial charge on any atom is 0.149 e. The Morgan fingerprint density at radius 3 is 2.56 bits per heavy atom. The first kappa shape index (κ1) is 13.3. The number of anilines is 1. The Bertz CT molecular complexity index is 389. The van der Waals surface area contributed by atoms with Crippen molar-refractivity contribution in [3.05, 3.63) is 29.8 Å². The van der Waals surface area contributed by atoms with Crippen LogP contribution in [-0.4, -0.2) is 25.7 Å². The topological polar surface area (TPSA) is 15.3 Å². The van der Waals surface area contributed by atoms with Gasteiger partial charge in [-0.2, -0.15) is 0 Å². The van der Waals surface area contributed by atoms with E-state index in [2.05, 4.69) is 19.2 Å². The lowest BCUT2D eigenvalue weighted by molar-refractivity contribution is 0.405. The van der Waals surface area contributed by atoms with Gasteiger partial charge in [-0.3, -0.25) is 0 Å². The van der Waals surface area contributed by atoms with Gasteiger partial charge in [-0.15, -0.1) is 0 Å². The van der Waals surface area contributed by atoms with E-state index in [9.17, 15) is 8.78 Å². The predicted molar refractivity (Wildman–Crippen MR) is 69.8 cm³/mol. The van der Waals surface area contributed by atoms with Gasteiger partial charge in [-0.05, 0) is 37.9 Å². The van der Waals surface area contributed by atoms with Crippen LogP contribution in [0.25, 0.3) is 0 Å². The highest BCUT2D eigenvalue weighted by Crippen LogP contribution is 2.25. The molecule has 0 amide bonds. The Morgan fingerprint density at radius 1 is 1.22 bits per heavy atom. The molecule has 1 aromatic rings. The zero-order valence-electron chi connectivity index (χ0n) is 10.9. The zero-order valence-corrected chi connectivity index (χ0v) is 10.9. The lowest BCUT2D eigenvalue weighted by Gasteiger charge is -2.33. The first-order valence-corrected chi connectivity index (χ1v) is 6.50. The molecule has 1 aliphatic rings. The summed E-state index contributed by atoms with van der Waals surface area (Å²) in [5.41, 5.74) is 0.124. The van der Waals surface area contributed by atoms with E-state index in [0.717, 1.165) is 13.0 Å². The second kappa shape index (κ2) is 5.65. The van der Waals surface area contributed by atoms with E-state index in [-0.39, 0.29) is 5.69 Å². The van der Waals surface area contributed by atoms with Crippen molar-refractivity contribution in [2.45, 2.75) is 26.3 Å². The Morgan fingerprint density at radius 2 is 1.89 bits per heavy atom. The molecule has 0 bridgehead atoms. The van der Waals surface area contributed by atoms with Crippen molar-refractivity contribution in [2.24, 2.45) is 5.92 Å². The first-order valence-electron chi connectivity index (χ1n) is 6.50. The summed E-state index contributed by atoms with van der Waals surface area (Å²) in [4.78, 5) is 1.84. The summed E-state index contributed by atoms with van der Waals surface area (Å²) in [6, 6.07) is 4.43. The molecule has 1 fully saturated rings. The Balaban J connectivity index is 2.24. The molecule has 0 aromatic heterocycles. The van der Waals surface area contributed by atoms with E-state index in [1.165, 1.54) is 18.2 Å². The van der Waals surface area contributed by atoms with Crippen molar-refractivity contribution in [2.75, 3.05) is 24.5 Å². The van der Waals surface area contributed by atoms with Crippen LogP contribution in [0.3, 0.4) is 0 Å². The fraction of sp³-hybridized carbons (Fsp3) is 0.571. The number of hydrogen-bond donors (Lipinski definition) is 1. The van der Waals surface area contributed by atoms with Crippen molar-refractivity contribution in [3.8, 4) is 0 Å². The smallest absolute Gasteiger partial charge is 0.149 e. The van der Waals surface area contributed by atoms with Gasteiger partial charge in [-0.25, -0.2) is 8.78 Å². The molecule has 2 nitrogen and oxygen atoms in total. The van der Waals surface area contributed by atoms with Crippen LogP contribution in [-0.2, 0) is 0 Å². The van der Waals surface area contributed by atoms with E-state index < -0.39 is 11.6 Å². The second-order valence-corrected chi connectivity index (χ2v) is 5.22. The van der Waals surface area contributed by atoms with Crippen molar-refractivity contribution in [1.29, 1.82) is 0 Å². The monoisotopic (exact) mass is 254 g/mol. The fourth-order valence-electron chi connectivity index (χ4n) is 2.38. The predicted octanol–water partition coefficient (Wildman–Crippen LogP) is 2.79. The number of benzene rings is 1. The SMILES string of the molecule is CC1CNC(C)CCN(c2c(F)cccc2F)C1. The average Bonchev–Trinajstić information content (AvgIpc) is 2.31. The van der Waals surface area contributed by atoms with Crippen molar-refractivity contribution in [3.63, 3.8) is 0 Å². The van der Waals surface area contributed by atoms with Gasteiger partial charge in [0.05, 0.1) is 0 Å². The zero-order chi connectivity index (χ0) is 13.1. The van der Waals surface area contributed by atoms with Crippen LogP contribution < -0.4 is 10.2 Å². The van der Waals surface area contributed by atoms with Gasteiger partial charge in [0.15, 0.2) is 0 Å². The number of para-hydroxylation sites is 1. The molecular weight excluding hydrogens is 234 g/mol. The maximum absolute atomic E-state index is 13.8. The van der Waals surface area contributed by atoms with Gasteiger partial charge in [-0.1, -0.05) is 13.0 Å².